The Morgan fingerprint density at radius 2 is 1.70 bits per heavy atom. The van der Waals surface area contributed by atoms with E-state index in [1.165, 1.54) is 0 Å². The summed E-state index contributed by atoms with van der Waals surface area (Å²) in [6, 6.07) is 0. The van der Waals surface area contributed by atoms with Crippen LogP contribution in [0.4, 0.5) is 0 Å². The van der Waals surface area contributed by atoms with E-state index in [9.17, 15) is 16.5 Å². The van der Waals surface area contributed by atoms with Gasteiger partial charge in [-0.05, 0) is 0 Å². The van der Waals surface area contributed by atoms with Crippen molar-refractivity contribution >= 4 is 60.1 Å². The molecule has 0 aromatic carbocycles. The Hall–Kier alpha value is 1.65. The minimum atomic E-state index is -6.11. The number of hydrogen-bond donors (Lipinski definition) is 2. The molecule has 0 bridgehead atoms. The molecule has 10 heteroatoms. The maximum Gasteiger partial charge on any atom is 2.00 e. The smallest absolute Gasteiger partial charge is 2.00 e. The summed E-state index contributed by atoms with van der Waals surface area (Å²) in [7, 11) is -5.15. The van der Waals surface area contributed by atoms with Crippen LogP contribution in [0.25, 0.3) is 0 Å². The SMILES string of the molecule is O=P(O)(O)O[As](=O)([O-])[O-].[Ca+2]. The van der Waals surface area contributed by atoms with Crippen LogP contribution in [0, 0.1) is 0 Å². The third-order valence-corrected chi connectivity index (χ3v) is 3.22. The van der Waals surface area contributed by atoms with E-state index in [1.54, 1.807) is 0 Å². The van der Waals surface area contributed by atoms with Gasteiger partial charge in [0.05, 0.1) is 0 Å². The van der Waals surface area contributed by atoms with Gasteiger partial charge in [0.25, 0.3) is 0 Å². The fraction of sp³-hybridized carbons (Fsp3) is 0. The monoisotopic (exact) mass is 260 g/mol. The third kappa shape index (κ3) is 12.3. The van der Waals surface area contributed by atoms with Crippen molar-refractivity contribution < 1.29 is 29.8 Å². The molecule has 56 valence electrons. The first-order valence-electron chi connectivity index (χ1n) is 1.50. The van der Waals surface area contributed by atoms with Gasteiger partial charge in [-0.1, -0.05) is 0 Å². The molecule has 0 unspecified atom stereocenters. The molecule has 0 aromatic rings. The molecule has 0 aromatic heterocycles. The summed E-state index contributed by atoms with van der Waals surface area (Å²) in [4.78, 5) is 15.4. The maximum absolute atomic E-state index is 9.56. The van der Waals surface area contributed by atoms with Gasteiger partial charge >= 0.3 is 89.9 Å². The molecule has 0 amide bonds. The molecule has 0 aliphatic rings. The maximum atomic E-state index is 9.56. The van der Waals surface area contributed by atoms with Crippen molar-refractivity contribution in [3.05, 3.63) is 0 Å². The van der Waals surface area contributed by atoms with E-state index in [-0.39, 0.29) is 37.7 Å². The van der Waals surface area contributed by atoms with Crippen LogP contribution in [0.15, 0.2) is 0 Å². The van der Waals surface area contributed by atoms with Crippen LogP contribution in [0.3, 0.4) is 0 Å². The first kappa shape index (κ1) is 14.2. The van der Waals surface area contributed by atoms with Gasteiger partial charge in [-0.25, -0.2) is 0 Å². The summed E-state index contributed by atoms with van der Waals surface area (Å²) in [5, 5.41) is 0. The van der Waals surface area contributed by atoms with Crippen molar-refractivity contribution in [3.8, 4) is 0 Å². The fourth-order valence-corrected chi connectivity index (χ4v) is 2.03. The summed E-state index contributed by atoms with van der Waals surface area (Å²) < 4.78 is 40.8. The van der Waals surface area contributed by atoms with Gasteiger partial charge in [-0.15, -0.1) is 0 Å². The van der Waals surface area contributed by atoms with E-state index in [0.717, 1.165) is 0 Å². The first-order chi connectivity index (χ1) is 3.71. The topological polar surface area (TPSA) is 130 Å². The van der Waals surface area contributed by atoms with Gasteiger partial charge in [0.2, 0.25) is 0 Å². The summed E-state index contributed by atoms with van der Waals surface area (Å²) in [5.41, 5.74) is 0. The zero-order valence-corrected chi connectivity index (χ0v) is 9.52. The predicted molar refractivity (Wildman–Crippen MR) is 25.3 cm³/mol. The minimum absolute atomic E-state index is 0. The molecular formula is H2AsCaO7P. The van der Waals surface area contributed by atoms with Gasteiger partial charge in [-0.2, -0.15) is 0 Å². The van der Waals surface area contributed by atoms with E-state index in [2.05, 4.69) is 3.51 Å². The Labute approximate surface area is 89.0 Å². The van der Waals surface area contributed by atoms with Crippen LogP contribution in [0.1, 0.15) is 0 Å². The van der Waals surface area contributed by atoms with Crippen molar-refractivity contribution in [2.75, 3.05) is 0 Å². The van der Waals surface area contributed by atoms with E-state index in [4.69, 9.17) is 9.79 Å². The first-order valence-corrected chi connectivity index (χ1v) is 6.09. The molecule has 0 radical (unpaired) electrons. The molecule has 0 heterocycles. The van der Waals surface area contributed by atoms with Gasteiger partial charge in [0.1, 0.15) is 0 Å². The van der Waals surface area contributed by atoms with E-state index in [1.807, 2.05) is 0 Å². The Balaban J connectivity index is 0. The van der Waals surface area contributed by atoms with Crippen molar-refractivity contribution in [3.63, 3.8) is 0 Å². The molecule has 0 aliphatic heterocycles. The summed E-state index contributed by atoms with van der Waals surface area (Å²) >= 11 is -6.11. The molecule has 0 saturated carbocycles. The standard InChI is InChI=1S/AsH4O7P.Ca/c2-1(3,4)8-9(5,6)7;/h(H2,2,3,4)(H2,5,6,7);/q;+2/p-2. The van der Waals surface area contributed by atoms with Crippen LogP contribution < -0.4 is 8.19 Å². The summed E-state index contributed by atoms with van der Waals surface area (Å²) in [6.07, 6.45) is 0. The Bertz CT molecular complexity index is 154. The van der Waals surface area contributed by atoms with Crippen molar-refractivity contribution in [2.24, 2.45) is 0 Å². The molecule has 0 fully saturated rings. The van der Waals surface area contributed by atoms with Crippen LogP contribution >= 0.6 is 7.82 Å². The van der Waals surface area contributed by atoms with Crippen LogP contribution in [0.2, 0.25) is 0 Å². The van der Waals surface area contributed by atoms with Gasteiger partial charge in [0, 0.05) is 0 Å². The van der Waals surface area contributed by atoms with Crippen LogP contribution in [0.5, 0.6) is 0 Å². The molecule has 10 heavy (non-hydrogen) atoms. The van der Waals surface area contributed by atoms with Gasteiger partial charge in [0.15, 0.2) is 0 Å². The van der Waals surface area contributed by atoms with E-state index < -0.39 is 22.3 Å². The van der Waals surface area contributed by atoms with Crippen LogP contribution in [-0.4, -0.2) is 62.0 Å². The number of rotatable bonds is 2. The Morgan fingerprint density at radius 3 is 1.70 bits per heavy atom. The number of phosphoric acid groups is 1. The van der Waals surface area contributed by atoms with Crippen molar-refractivity contribution in [1.82, 2.24) is 0 Å². The predicted octanol–water partition coefficient (Wildman–Crippen LogP) is -3.70. The second-order valence-corrected chi connectivity index (χ2v) is 5.07. The molecule has 0 saturated heterocycles. The molecule has 0 aliphatic carbocycles. The van der Waals surface area contributed by atoms with Gasteiger partial charge < -0.3 is 0 Å². The second-order valence-electron chi connectivity index (χ2n) is 1.02. The average molecular weight is 260 g/mol. The normalized spacial score (nSPS) is 12.4. The zero-order chi connectivity index (χ0) is 7.71. The Morgan fingerprint density at radius 1 is 1.40 bits per heavy atom. The molecule has 0 atom stereocenters. The average Bonchev–Trinajstić information content (AvgIpc) is 1.14. The van der Waals surface area contributed by atoms with E-state index in [0.29, 0.717) is 0 Å². The second kappa shape index (κ2) is 4.62. The van der Waals surface area contributed by atoms with Crippen LogP contribution in [-0.2, 0) is 11.8 Å². The molecule has 0 spiro atoms. The fourth-order valence-electron chi connectivity index (χ4n) is 0.130. The molecule has 0 rings (SSSR count). The van der Waals surface area contributed by atoms with Crippen molar-refractivity contribution in [2.45, 2.75) is 0 Å². The summed E-state index contributed by atoms with van der Waals surface area (Å²) in [6.45, 7) is 0. The van der Waals surface area contributed by atoms with Gasteiger partial charge in [-0.3, -0.25) is 0 Å². The molecule has 7 nitrogen and oxygen atoms in total. The van der Waals surface area contributed by atoms with E-state index >= 15 is 0 Å². The molecule has 2 N–H and O–H groups in total. The zero-order valence-electron chi connectivity index (χ0n) is 4.54. The minimum Gasteiger partial charge on any atom is 2.00 e. The summed E-state index contributed by atoms with van der Waals surface area (Å²) in [5.74, 6) is 0. The third-order valence-electron chi connectivity index (χ3n) is 0.206. The number of hydrogen-bond acceptors (Lipinski definition) is 5. The largest absolute Gasteiger partial charge is 2.00 e. The molecular weight excluding hydrogens is 258 g/mol. The van der Waals surface area contributed by atoms with Crippen molar-refractivity contribution in [1.29, 1.82) is 0 Å². The quantitative estimate of drug-likeness (QED) is 0.386. The Kier molecular flexibility index (Phi) is 6.55.